The summed E-state index contributed by atoms with van der Waals surface area (Å²) in [6.45, 7) is 4.56. The Morgan fingerprint density at radius 2 is 2.08 bits per heavy atom. The number of imidazole rings is 1. The molecule has 1 amide bonds. The van der Waals surface area contributed by atoms with E-state index in [9.17, 15) is 4.79 Å². The van der Waals surface area contributed by atoms with Gasteiger partial charge in [-0.3, -0.25) is 10.2 Å². The van der Waals surface area contributed by atoms with Crippen LogP contribution in [0.2, 0.25) is 0 Å². The van der Waals surface area contributed by atoms with E-state index in [-0.39, 0.29) is 11.1 Å². The molecule has 3 heterocycles. The molecule has 0 aromatic carbocycles. The zero-order valence-corrected chi connectivity index (χ0v) is 14.6. The SMILES string of the molecule is CC(=O)N1CCN(c2cc(-c3cnc(/C=C\C(=N)Cl)[nH]3)ccn2)CC1. The molecule has 0 spiro atoms. The Kier molecular flexibility index (Phi) is 5.14. The predicted octanol–water partition coefficient (Wildman–Crippen LogP) is 2.37. The van der Waals surface area contributed by atoms with Crippen molar-refractivity contribution in [2.75, 3.05) is 31.1 Å². The van der Waals surface area contributed by atoms with Gasteiger partial charge in [0, 0.05) is 44.9 Å². The highest BCUT2D eigenvalue weighted by molar-refractivity contribution is 6.67. The minimum Gasteiger partial charge on any atom is -0.353 e. The molecule has 2 N–H and O–H groups in total. The zero-order valence-electron chi connectivity index (χ0n) is 13.9. The lowest BCUT2D eigenvalue weighted by Crippen LogP contribution is -2.48. The molecular formula is C17H19ClN6O. The number of carbonyl (C=O) groups excluding carboxylic acids is 1. The molecule has 3 rings (SSSR count). The number of carbonyl (C=O) groups is 1. The summed E-state index contributed by atoms with van der Waals surface area (Å²) in [7, 11) is 0. The summed E-state index contributed by atoms with van der Waals surface area (Å²) in [5, 5.41) is 7.15. The number of allylic oxidation sites excluding steroid dienone is 1. The molecule has 2 aromatic heterocycles. The molecule has 1 aliphatic heterocycles. The quantitative estimate of drug-likeness (QED) is 0.821. The maximum atomic E-state index is 11.4. The molecule has 130 valence electrons. The molecule has 0 aliphatic carbocycles. The van der Waals surface area contributed by atoms with E-state index in [1.54, 1.807) is 25.4 Å². The molecule has 1 fully saturated rings. The van der Waals surface area contributed by atoms with Crippen molar-refractivity contribution in [2.45, 2.75) is 6.92 Å². The summed E-state index contributed by atoms with van der Waals surface area (Å²) in [6, 6.07) is 3.92. The number of halogens is 1. The molecule has 1 saturated heterocycles. The van der Waals surface area contributed by atoms with E-state index in [1.807, 2.05) is 17.0 Å². The van der Waals surface area contributed by atoms with Gasteiger partial charge in [-0.05, 0) is 24.3 Å². The Labute approximate surface area is 150 Å². The Hall–Kier alpha value is -2.67. The number of hydrogen-bond acceptors (Lipinski definition) is 5. The van der Waals surface area contributed by atoms with E-state index in [0.29, 0.717) is 18.9 Å². The molecule has 1 aliphatic rings. The number of H-pyrrole nitrogens is 1. The van der Waals surface area contributed by atoms with E-state index in [4.69, 9.17) is 17.0 Å². The van der Waals surface area contributed by atoms with Crippen molar-refractivity contribution in [3.05, 3.63) is 36.4 Å². The van der Waals surface area contributed by atoms with Crippen LogP contribution in [0.4, 0.5) is 5.82 Å². The van der Waals surface area contributed by atoms with E-state index >= 15 is 0 Å². The molecular weight excluding hydrogens is 340 g/mol. The van der Waals surface area contributed by atoms with Crippen molar-refractivity contribution in [2.24, 2.45) is 0 Å². The molecule has 7 nitrogen and oxygen atoms in total. The lowest BCUT2D eigenvalue weighted by molar-refractivity contribution is -0.129. The van der Waals surface area contributed by atoms with Crippen LogP contribution in [-0.2, 0) is 4.79 Å². The maximum Gasteiger partial charge on any atom is 0.219 e. The number of aromatic nitrogens is 3. The van der Waals surface area contributed by atoms with Crippen LogP contribution in [0.3, 0.4) is 0 Å². The lowest BCUT2D eigenvalue weighted by atomic mass is 10.2. The number of anilines is 1. The number of aromatic amines is 1. The molecule has 0 atom stereocenters. The van der Waals surface area contributed by atoms with Crippen LogP contribution in [-0.4, -0.2) is 57.1 Å². The van der Waals surface area contributed by atoms with Crippen molar-refractivity contribution in [1.82, 2.24) is 19.9 Å². The van der Waals surface area contributed by atoms with Crippen LogP contribution >= 0.6 is 11.6 Å². The van der Waals surface area contributed by atoms with Crippen LogP contribution in [0, 0.1) is 5.41 Å². The minimum absolute atomic E-state index is 0.0474. The number of pyridine rings is 1. The van der Waals surface area contributed by atoms with Gasteiger partial charge in [0.2, 0.25) is 5.91 Å². The van der Waals surface area contributed by atoms with E-state index in [2.05, 4.69) is 19.9 Å². The van der Waals surface area contributed by atoms with Gasteiger partial charge < -0.3 is 14.8 Å². The first-order valence-corrected chi connectivity index (χ1v) is 8.35. The van der Waals surface area contributed by atoms with Crippen molar-refractivity contribution >= 4 is 34.6 Å². The maximum absolute atomic E-state index is 11.4. The topological polar surface area (TPSA) is 89.0 Å². The third kappa shape index (κ3) is 4.24. The van der Waals surface area contributed by atoms with E-state index in [1.165, 1.54) is 6.08 Å². The molecule has 2 aromatic rings. The van der Waals surface area contributed by atoms with Crippen LogP contribution < -0.4 is 4.90 Å². The number of nitrogens with zero attached hydrogens (tertiary/aromatic N) is 4. The highest BCUT2D eigenvalue weighted by Gasteiger charge is 2.19. The van der Waals surface area contributed by atoms with Gasteiger partial charge >= 0.3 is 0 Å². The fraction of sp³-hybridized carbons (Fsp3) is 0.294. The van der Waals surface area contributed by atoms with Crippen molar-refractivity contribution in [3.63, 3.8) is 0 Å². The average molecular weight is 359 g/mol. The van der Waals surface area contributed by atoms with Gasteiger partial charge in [0.15, 0.2) is 0 Å². The van der Waals surface area contributed by atoms with Gasteiger partial charge in [-0.2, -0.15) is 0 Å². The highest BCUT2D eigenvalue weighted by Crippen LogP contribution is 2.22. The summed E-state index contributed by atoms with van der Waals surface area (Å²) in [6.07, 6.45) is 6.63. The fourth-order valence-corrected chi connectivity index (χ4v) is 2.79. The van der Waals surface area contributed by atoms with Crippen LogP contribution in [0.1, 0.15) is 12.7 Å². The normalized spacial score (nSPS) is 15.0. The predicted molar refractivity (Wildman–Crippen MR) is 98.9 cm³/mol. The summed E-state index contributed by atoms with van der Waals surface area (Å²) in [4.78, 5) is 27.4. The van der Waals surface area contributed by atoms with Crippen LogP contribution in [0.15, 0.2) is 30.6 Å². The van der Waals surface area contributed by atoms with Crippen molar-refractivity contribution < 1.29 is 4.79 Å². The summed E-state index contributed by atoms with van der Waals surface area (Å²) in [5.74, 6) is 1.63. The smallest absolute Gasteiger partial charge is 0.219 e. The largest absolute Gasteiger partial charge is 0.353 e. The van der Waals surface area contributed by atoms with Gasteiger partial charge in [0.1, 0.15) is 16.8 Å². The molecule has 0 unspecified atom stereocenters. The number of rotatable bonds is 4. The molecule has 25 heavy (non-hydrogen) atoms. The van der Waals surface area contributed by atoms with Gasteiger partial charge in [-0.15, -0.1) is 0 Å². The van der Waals surface area contributed by atoms with E-state index in [0.717, 1.165) is 30.2 Å². The second-order valence-corrected chi connectivity index (χ2v) is 6.17. The van der Waals surface area contributed by atoms with Crippen molar-refractivity contribution in [1.29, 1.82) is 5.41 Å². The molecule has 0 bridgehead atoms. The van der Waals surface area contributed by atoms with Crippen molar-refractivity contribution in [3.8, 4) is 11.3 Å². The third-order valence-electron chi connectivity index (χ3n) is 4.09. The Bertz CT molecular complexity index is 807. The molecule has 0 radical (unpaired) electrons. The number of amides is 1. The Morgan fingerprint density at radius 1 is 1.32 bits per heavy atom. The van der Waals surface area contributed by atoms with Gasteiger partial charge in [0.25, 0.3) is 0 Å². The highest BCUT2D eigenvalue weighted by atomic mass is 35.5. The fourth-order valence-electron chi connectivity index (χ4n) is 2.73. The first kappa shape index (κ1) is 17.2. The van der Waals surface area contributed by atoms with Gasteiger partial charge in [0.05, 0.1) is 11.9 Å². The van der Waals surface area contributed by atoms with Crippen LogP contribution in [0.5, 0.6) is 0 Å². The second kappa shape index (κ2) is 7.48. The summed E-state index contributed by atoms with van der Waals surface area (Å²) >= 11 is 5.50. The summed E-state index contributed by atoms with van der Waals surface area (Å²) < 4.78 is 0. The zero-order chi connectivity index (χ0) is 17.8. The number of nitrogens with one attached hydrogen (secondary N) is 2. The standard InChI is InChI=1S/C17H19ClN6O/c1-12(25)23-6-8-24(9-7-23)17-10-13(4-5-20-17)14-11-21-16(22-14)3-2-15(18)19/h2-5,10-11,19H,6-9H2,1H3,(H,21,22)/b3-2-,19-15?. The minimum atomic E-state index is -0.0474. The third-order valence-corrected chi connectivity index (χ3v) is 4.21. The lowest BCUT2D eigenvalue weighted by Gasteiger charge is -2.35. The summed E-state index contributed by atoms with van der Waals surface area (Å²) in [5.41, 5.74) is 1.85. The monoisotopic (exact) mass is 358 g/mol. The van der Waals surface area contributed by atoms with Crippen LogP contribution in [0.25, 0.3) is 17.3 Å². The average Bonchev–Trinajstić information content (AvgIpc) is 3.09. The molecule has 0 saturated carbocycles. The first-order chi connectivity index (χ1) is 12.0. The Balaban J connectivity index is 1.74. The van der Waals surface area contributed by atoms with E-state index < -0.39 is 0 Å². The van der Waals surface area contributed by atoms with Gasteiger partial charge in [-0.1, -0.05) is 11.6 Å². The number of piperazine rings is 1. The second-order valence-electron chi connectivity index (χ2n) is 5.76. The Morgan fingerprint density at radius 3 is 2.76 bits per heavy atom. The van der Waals surface area contributed by atoms with Gasteiger partial charge in [-0.25, -0.2) is 9.97 Å². The first-order valence-electron chi connectivity index (χ1n) is 7.97. The number of hydrogen-bond donors (Lipinski definition) is 2. The molecule has 8 heteroatoms.